The number of para-hydroxylation sites is 1. The highest BCUT2D eigenvalue weighted by Crippen LogP contribution is 2.40. The standard InChI is InChI=1S/C26H28Cl2N4O4.C25H32ClN5O2/c1-19(33)31-10-12-32(13-11-31)21-3-5-22(6-4-21)34-15-23-16-35-26(36-23,17-30-9-8-29-18-30)24-7-2-20(27)14-25(24)28;1-2-24-27-31(25(32)30(24)18-19-33-23-10-4-3-5-11-23)13-7-12-28-14-16-29(17-15-28)22-9-6-8-21(26)20-22/h2-9,14,18,23H,10-13,15-17H2,1H3;3-6,8-11,20H,2,7,12-19H2,1H3/t23-,26-;/m0./s1. The van der Waals surface area contributed by atoms with Crippen LogP contribution in [0.2, 0.25) is 15.1 Å². The van der Waals surface area contributed by atoms with E-state index in [9.17, 15) is 9.59 Å². The van der Waals surface area contributed by atoms with Crippen LogP contribution in [0.5, 0.6) is 11.5 Å². The molecular formula is C51H60Cl3N9O6. The molecule has 3 fully saturated rings. The van der Waals surface area contributed by atoms with Gasteiger partial charge < -0.3 is 38.2 Å². The van der Waals surface area contributed by atoms with Gasteiger partial charge in [0.25, 0.3) is 0 Å². The summed E-state index contributed by atoms with van der Waals surface area (Å²) in [6.45, 7) is 14.3. The van der Waals surface area contributed by atoms with E-state index in [1.807, 2.05) is 101 Å². The molecule has 5 heterocycles. The van der Waals surface area contributed by atoms with Gasteiger partial charge in [0.05, 0.1) is 31.0 Å². The van der Waals surface area contributed by atoms with Gasteiger partial charge in [-0.2, -0.15) is 5.10 Å². The number of hydrogen-bond acceptors (Lipinski definition) is 11. The minimum Gasteiger partial charge on any atom is -0.492 e. The van der Waals surface area contributed by atoms with Crippen molar-refractivity contribution in [3.05, 3.63) is 153 Å². The number of ether oxygens (including phenoxy) is 4. The van der Waals surface area contributed by atoms with Crippen molar-refractivity contribution in [2.75, 3.05) is 88.5 Å². The Hall–Kier alpha value is -5.55. The lowest BCUT2D eigenvalue weighted by molar-refractivity contribution is -0.189. The van der Waals surface area contributed by atoms with Gasteiger partial charge in [-0.15, -0.1) is 0 Å². The summed E-state index contributed by atoms with van der Waals surface area (Å²) in [5.74, 6) is 1.42. The Morgan fingerprint density at radius 1 is 0.783 bits per heavy atom. The molecular weight excluding hydrogens is 941 g/mol. The molecule has 0 unspecified atom stereocenters. The molecule has 15 nitrogen and oxygen atoms in total. The molecule has 0 aliphatic carbocycles. The summed E-state index contributed by atoms with van der Waals surface area (Å²) >= 11 is 18.8. The zero-order valence-electron chi connectivity index (χ0n) is 39.2. The van der Waals surface area contributed by atoms with Crippen LogP contribution in [0.15, 0.2) is 121 Å². The molecule has 4 aromatic carbocycles. The lowest BCUT2D eigenvalue weighted by Crippen LogP contribution is -2.48. The molecule has 9 rings (SSSR count). The summed E-state index contributed by atoms with van der Waals surface area (Å²) in [6, 6.07) is 31.0. The fourth-order valence-electron chi connectivity index (χ4n) is 8.83. The number of aryl methyl sites for hydroxylation is 2. The number of rotatable bonds is 17. The molecule has 1 amide bonds. The Kier molecular flexibility index (Phi) is 17.2. The number of amides is 1. The van der Waals surface area contributed by atoms with Gasteiger partial charge in [-0.1, -0.05) is 72.1 Å². The maximum Gasteiger partial charge on any atom is 0.346 e. The van der Waals surface area contributed by atoms with Crippen LogP contribution in [0, 0.1) is 0 Å². The first-order chi connectivity index (χ1) is 33.6. The second-order valence-corrected chi connectivity index (χ2v) is 18.5. The van der Waals surface area contributed by atoms with Crippen LogP contribution in [-0.4, -0.2) is 124 Å². The van der Waals surface area contributed by atoms with E-state index in [1.165, 1.54) is 5.69 Å². The normalized spacial score (nSPS) is 18.5. The molecule has 0 bridgehead atoms. The Balaban J connectivity index is 0.000000187. The number of carbonyl (C=O) groups is 1. The summed E-state index contributed by atoms with van der Waals surface area (Å²) in [7, 11) is 0. The summed E-state index contributed by atoms with van der Waals surface area (Å²) in [6.07, 6.45) is 6.60. The van der Waals surface area contributed by atoms with Gasteiger partial charge in [-0.05, 0) is 73.2 Å². The van der Waals surface area contributed by atoms with E-state index in [0.717, 1.165) is 99.8 Å². The van der Waals surface area contributed by atoms with Crippen molar-refractivity contribution >= 4 is 52.1 Å². The number of aromatic nitrogens is 5. The highest BCUT2D eigenvalue weighted by Gasteiger charge is 2.45. The number of anilines is 2. The predicted molar refractivity (Wildman–Crippen MR) is 270 cm³/mol. The molecule has 18 heteroatoms. The van der Waals surface area contributed by atoms with Crippen LogP contribution < -0.4 is 25.0 Å². The molecule has 3 aliphatic rings. The largest absolute Gasteiger partial charge is 0.492 e. The number of carbonyl (C=O) groups excluding carboxylic acids is 1. The topological polar surface area (TPSA) is 125 Å². The highest BCUT2D eigenvalue weighted by atomic mass is 35.5. The quantitative estimate of drug-likeness (QED) is 0.0891. The van der Waals surface area contributed by atoms with Crippen molar-refractivity contribution in [3.63, 3.8) is 0 Å². The second kappa shape index (κ2) is 23.8. The van der Waals surface area contributed by atoms with Crippen molar-refractivity contribution in [3.8, 4) is 11.5 Å². The smallest absolute Gasteiger partial charge is 0.346 e. The molecule has 2 atom stereocenters. The van der Waals surface area contributed by atoms with Gasteiger partial charge in [0, 0.05) is 118 Å². The van der Waals surface area contributed by atoms with E-state index in [4.69, 9.17) is 53.8 Å². The van der Waals surface area contributed by atoms with Crippen LogP contribution in [0.25, 0.3) is 0 Å². The van der Waals surface area contributed by atoms with Crippen LogP contribution in [0.3, 0.4) is 0 Å². The second-order valence-electron chi connectivity index (χ2n) is 17.2. The van der Waals surface area contributed by atoms with E-state index < -0.39 is 5.79 Å². The Morgan fingerprint density at radius 3 is 2.20 bits per heavy atom. The lowest BCUT2D eigenvalue weighted by Gasteiger charge is -2.36. The average molecular weight is 1000 g/mol. The zero-order valence-corrected chi connectivity index (χ0v) is 41.4. The molecule has 0 spiro atoms. The van der Waals surface area contributed by atoms with Gasteiger partial charge in [-0.3, -0.25) is 14.3 Å². The third kappa shape index (κ3) is 13.2. The summed E-state index contributed by atoms with van der Waals surface area (Å²) < 4.78 is 29.7. The van der Waals surface area contributed by atoms with E-state index in [-0.39, 0.29) is 17.7 Å². The zero-order chi connectivity index (χ0) is 48.2. The number of hydrogen-bond donors (Lipinski definition) is 0. The van der Waals surface area contributed by atoms with Gasteiger partial charge in [0.2, 0.25) is 11.7 Å². The van der Waals surface area contributed by atoms with Gasteiger partial charge >= 0.3 is 5.69 Å². The number of nitrogens with zero attached hydrogens (tertiary/aromatic N) is 9. The first-order valence-electron chi connectivity index (χ1n) is 23.6. The lowest BCUT2D eigenvalue weighted by atomic mass is 10.1. The Labute approximate surface area is 418 Å². The van der Waals surface area contributed by atoms with Crippen molar-refractivity contribution in [1.82, 2.24) is 33.7 Å². The van der Waals surface area contributed by atoms with Crippen LogP contribution in [0.4, 0.5) is 11.4 Å². The first kappa shape index (κ1) is 49.9. The molecule has 0 N–H and O–H groups in total. The number of benzene rings is 4. The summed E-state index contributed by atoms with van der Waals surface area (Å²) in [5, 5.41) is 6.37. The third-order valence-corrected chi connectivity index (χ3v) is 13.3. The summed E-state index contributed by atoms with van der Waals surface area (Å²) in [4.78, 5) is 37.5. The van der Waals surface area contributed by atoms with Crippen LogP contribution >= 0.6 is 34.8 Å². The predicted octanol–water partition coefficient (Wildman–Crippen LogP) is 7.76. The molecule has 3 aliphatic heterocycles. The van der Waals surface area contributed by atoms with Crippen molar-refractivity contribution in [2.24, 2.45) is 0 Å². The molecule has 3 saturated heterocycles. The fourth-order valence-corrected chi connectivity index (χ4v) is 9.57. The fraction of sp³-hybridized carbons (Fsp3) is 0.412. The van der Waals surface area contributed by atoms with Gasteiger partial charge in [-0.25, -0.2) is 14.5 Å². The first-order valence-corrected chi connectivity index (χ1v) is 24.7. The van der Waals surface area contributed by atoms with E-state index in [0.29, 0.717) is 55.1 Å². The van der Waals surface area contributed by atoms with E-state index in [1.54, 1.807) is 40.8 Å². The number of halogens is 3. The van der Waals surface area contributed by atoms with Gasteiger partial charge in [0.1, 0.15) is 36.6 Å². The van der Waals surface area contributed by atoms with Crippen molar-refractivity contribution in [1.29, 1.82) is 0 Å². The van der Waals surface area contributed by atoms with Crippen molar-refractivity contribution < 1.29 is 23.7 Å². The molecule has 0 saturated carbocycles. The maximum atomic E-state index is 12.9. The van der Waals surface area contributed by atoms with Crippen LogP contribution in [0.1, 0.15) is 31.7 Å². The minimum absolute atomic E-state index is 0.0470. The highest BCUT2D eigenvalue weighted by molar-refractivity contribution is 6.35. The number of piperazine rings is 2. The SMILES string of the molecule is CC(=O)N1CCN(c2ccc(OC[C@H]3CO[C@](Cn4ccnc4)(c4ccc(Cl)cc4Cl)O3)cc2)CC1.CCc1nn(CCCN2CCN(c3cccc(Cl)c3)CC2)c(=O)n1CCOc1ccccc1. The summed E-state index contributed by atoms with van der Waals surface area (Å²) in [5.41, 5.74) is 2.96. The van der Waals surface area contributed by atoms with Crippen molar-refractivity contribution in [2.45, 2.75) is 58.2 Å². The molecule has 0 radical (unpaired) electrons. The van der Waals surface area contributed by atoms with Gasteiger partial charge in [0.15, 0.2) is 0 Å². The molecule has 6 aromatic rings. The minimum atomic E-state index is -1.08. The molecule has 2 aromatic heterocycles. The third-order valence-electron chi connectivity index (χ3n) is 12.5. The molecule has 69 heavy (non-hydrogen) atoms. The average Bonchev–Trinajstić information content (AvgIpc) is 4.11. The maximum absolute atomic E-state index is 12.9. The van der Waals surface area contributed by atoms with E-state index in [2.05, 4.69) is 30.8 Å². The Bertz CT molecular complexity index is 2620. The van der Waals surface area contributed by atoms with Crippen LogP contribution in [-0.2, 0) is 46.1 Å². The molecule has 366 valence electrons. The monoisotopic (exact) mass is 999 g/mol. The number of imidazole rings is 1. The Morgan fingerprint density at radius 2 is 1.51 bits per heavy atom. The van der Waals surface area contributed by atoms with E-state index >= 15 is 0 Å².